The van der Waals surface area contributed by atoms with Crippen molar-refractivity contribution in [3.63, 3.8) is 0 Å². The fourth-order valence-corrected chi connectivity index (χ4v) is 3.34. The van der Waals surface area contributed by atoms with Crippen LogP contribution < -0.4 is 5.32 Å². The summed E-state index contributed by atoms with van der Waals surface area (Å²) in [5, 5.41) is 3.47. The lowest BCUT2D eigenvalue weighted by molar-refractivity contribution is -0.133. The zero-order chi connectivity index (χ0) is 13.7. The highest BCUT2D eigenvalue weighted by atomic mass is 16.2. The van der Waals surface area contributed by atoms with Gasteiger partial charge in [-0.3, -0.25) is 4.79 Å². The molecule has 0 aliphatic heterocycles. The lowest BCUT2D eigenvalue weighted by Gasteiger charge is -2.38. The molecule has 0 aromatic rings. The summed E-state index contributed by atoms with van der Waals surface area (Å²) in [6, 6.07) is 0. The number of carbonyl (C=O) groups excluding carboxylic acids is 1. The Morgan fingerprint density at radius 3 is 2.47 bits per heavy atom. The van der Waals surface area contributed by atoms with Crippen LogP contribution in [-0.4, -0.2) is 36.5 Å². The largest absolute Gasteiger partial charge is 0.342 e. The van der Waals surface area contributed by atoms with E-state index in [1.54, 1.807) is 0 Å². The van der Waals surface area contributed by atoms with E-state index < -0.39 is 0 Å². The van der Waals surface area contributed by atoms with Crippen molar-refractivity contribution in [3.8, 4) is 0 Å². The predicted octanol–water partition coefficient (Wildman–Crippen LogP) is 2.95. The lowest BCUT2D eigenvalue weighted by Crippen LogP contribution is -2.49. The van der Waals surface area contributed by atoms with Gasteiger partial charge in [0.05, 0.1) is 0 Å². The molecule has 0 heterocycles. The second kappa shape index (κ2) is 6.74. The van der Waals surface area contributed by atoms with Crippen molar-refractivity contribution in [3.05, 3.63) is 0 Å². The first kappa shape index (κ1) is 14.8. The summed E-state index contributed by atoms with van der Waals surface area (Å²) >= 11 is 0. The fraction of sp³-hybridized carbons (Fsp3) is 0.938. The van der Waals surface area contributed by atoms with E-state index in [0.717, 1.165) is 25.4 Å². The van der Waals surface area contributed by atoms with E-state index in [-0.39, 0.29) is 5.54 Å². The first-order valence-corrected chi connectivity index (χ1v) is 8.16. The molecule has 2 aliphatic rings. The monoisotopic (exact) mass is 266 g/mol. The van der Waals surface area contributed by atoms with Gasteiger partial charge in [0, 0.05) is 25.0 Å². The highest BCUT2D eigenvalue weighted by Gasteiger charge is 2.35. The molecule has 110 valence electrons. The van der Waals surface area contributed by atoms with Gasteiger partial charge in [-0.15, -0.1) is 0 Å². The van der Waals surface area contributed by atoms with Crippen molar-refractivity contribution in [1.29, 1.82) is 0 Å². The fourth-order valence-electron chi connectivity index (χ4n) is 3.34. The predicted molar refractivity (Wildman–Crippen MR) is 79.1 cm³/mol. The number of nitrogens with one attached hydrogen (secondary N) is 1. The van der Waals surface area contributed by atoms with Crippen LogP contribution in [0.25, 0.3) is 0 Å². The van der Waals surface area contributed by atoms with E-state index in [4.69, 9.17) is 0 Å². The van der Waals surface area contributed by atoms with E-state index in [0.29, 0.717) is 12.3 Å². The molecular weight excluding hydrogens is 236 g/mol. The van der Waals surface area contributed by atoms with Crippen LogP contribution in [0.5, 0.6) is 0 Å². The smallest absolute Gasteiger partial charge is 0.224 e. The van der Waals surface area contributed by atoms with Gasteiger partial charge in [-0.25, -0.2) is 0 Å². The number of rotatable bonds is 7. The molecule has 1 N–H and O–H groups in total. The van der Waals surface area contributed by atoms with Crippen LogP contribution in [0.15, 0.2) is 0 Å². The highest BCUT2D eigenvalue weighted by molar-refractivity contribution is 5.77. The normalized spacial score (nSPS) is 22.2. The van der Waals surface area contributed by atoms with Crippen molar-refractivity contribution in [2.75, 3.05) is 20.1 Å². The SMILES string of the molecule is CCCN(CC1CC1)C(=O)CC1(NC)CCCCC1. The maximum Gasteiger partial charge on any atom is 0.224 e. The van der Waals surface area contributed by atoms with E-state index in [2.05, 4.69) is 17.1 Å². The Morgan fingerprint density at radius 2 is 1.95 bits per heavy atom. The first-order chi connectivity index (χ1) is 9.19. The summed E-state index contributed by atoms with van der Waals surface area (Å²) in [5.74, 6) is 1.18. The van der Waals surface area contributed by atoms with E-state index >= 15 is 0 Å². The van der Waals surface area contributed by atoms with Gasteiger partial charge >= 0.3 is 0 Å². The Labute approximate surface area is 118 Å². The minimum Gasteiger partial charge on any atom is -0.342 e. The molecular formula is C16H30N2O. The third-order valence-electron chi connectivity index (χ3n) is 4.85. The molecule has 2 aliphatic carbocycles. The van der Waals surface area contributed by atoms with Crippen LogP contribution in [0.1, 0.15) is 64.7 Å². The average Bonchev–Trinajstić information content (AvgIpc) is 3.23. The van der Waals surface area contributed by atoms with Crippen molar-refractivity contribution in [2.45, 2.75) is 70.3 Å². The van der Waals surface area contributed by atoms with Gasteiger partial charge in [0.1, 0.15) is 0 Å². The minimum absolute atomic E-state index is 0.0882. The van der Waals surface area contributed by atoms with Gasteiger partial charge < -0.3 is 10.2 Å². The number of amides is 1. The van der Waals surface area contributed by atoms with Gasteiger partial charge in [-0.1, -0.05) is 26.2 Å². The molecule has 19 heavy (non-hydrogen) atoms. The third-order valence-corrected chi connectivity index (χ3v) is 4.85. The quantitative estimate of drug-likeness (QED) is 0.768. The Bertz CT molecular complexity index is 293. The van der Waals surface area contributed by atoms with Gasteiger partial charge in [0.15, 0.2) is 0 Å². The van der Waals surface area contributed by atoms with Gasteiger partial charge in [-0.05, 0) is 45.1 Å². The Kier molecular flexibility index (Phi) is 5.26. The van der Waals surface area contributed by atoms with Crippen molar-refractivity contribution < 1.29 is 4.79 Å². The molecule has 0 spiro atoms. The minimum atomic E-state index is 0.0882. The third kappa shape index (κ3) is 4.20. The van der Waals surface area contributed by atoms with Gasteiger partial charge in [0.25, 0.3) is 0 Å². The van der Waals surface area contributed by atoms with E-state index in [9.17, 15) is 4.79 Å². The van der Waals surface area contributed by atoms with Crippen molar-refractivity contribution in [2.24, 2.45) is 5.92 Å². The maximum atomic E-state index is 12.6. The summed E-state index contributed by atoms with van der Waals surface area (Å²) in [7, 11) is 2.03. The van der Waals surface area contributed by atoms with E-state index in [1.165, 1.54) is 44.9 Å². The van der Waals surface area contributed by atoms with Crippen molar-refractivity contribution in [1.82, 2.24) is 10.2 Å². The van der Waals surface area contributed by atoms with Crippen LogP contribution in [0.4, 0.5) is 0 Å². The number of carbonyl (C=O) groups is 1. The standard InChI is InChI=1S/C16H30N2O/c1-3-11-18(13-14-7-8-14)15(19)12-16(17-2)9-5-4-6-10-16/h14,17H,3-13H2,1-2H3. The van der Waals surface area contributed by atoms with Gasteiger partial charge in [0.2, 0.25) is 5.91 Å². The first-order valence-electron chi connectivity index (χ1n) is 8.16. The lowest BCUT2D eigenvalue weighted by atomic mass is 9.79. The molecule has 2 saturated carbocycles. The van der Waals surface area contributed by atoms with Crippen molar-refractivity contribution >= 4 is 5.91 Å². The van der Waals surface area contributed by atoms with Crippen LogP contribution >= 0.6 is 0 Å². The summed E-state index contributed by atoms with van der Waals surface area (Å²) in [5.41, 5.74) is 0.0882. The summed E-state index contributed by atoms with van der Waals surface area (Å²) in [6.45, 7) is 4.11. The summed E-state index contributed by atoms with van der Waals surface area (Å²) < 4.78 is 0. The molecule has 0 unspecified atom stereocenters. The second-order valence-electron chi connectivity index (χ2n) is 6.55. The van der Waals surface area contributed by atoms with Crippen LogP contribution in [0.3, 0.4) is 0 Å². The number of hydrogen-bond donors (Lipinski definition) is 1. The molecule has 0 aromatic carbocycles. The Balaban J connectivity index is 1.91. The maximum absolute atomic E-state index is 12.6. The zero-order valence-corrected chi connectivity index (χ0v) is 12.7. The highest BCUT2D eigenvalue weighted by Crippen LogP contribution is 2.33. The summed E-state index contributed by atoms with van der Waals surface area (Å²) in [6.07, 6.45) is 10.6. The van der Waals surface area contributed by atoms with E-state index in [1.807, 2.05) is 7.05 Å². The Hall–Kier alpha value is -0.570. The molecule has 1 amide bonds. The molecule has 2 fully saturated rings. The molecule has 3 heteroatoms. The average molecular weight is 266 g/mol. The zero-order valence-electron chi connectivity index (χ0n) is 12.7. The molecule has 0 aromatic heterocycles. The molecule has 2 rings (SSSR count). The molecule has 0 radical (unpaired) electrons. The van der Waals surface area contributed by atoms with Crippen LogP contribution in [0, 0.1) is 5.92 Å². The molecule has 3 nitrogen and oxygen atoms in total. The topological polar surface area (TPSA) is 32.3 Å². The number of hydrogen-bond acceptors (Lipinski definition) is 2. The van der Waals surface area contributed by atoms with Gasteiger partial charge in [-0.2, -0.15) is 0 Å². The molecule has 0 atom stereocenters. The molecule has 0 saturated heterocycles. The number of nitrogens with zero attached hydrogens (tertiary/aromatic N) is 1. The van der Waals surface area contributed by atoms with Crippen LogP contribution in [0.2, 0.25) is 0 Å². The second-order valence-corrected chi connectivity index (χ2v) is 6.55. The summed E-state index contributed by atoms with van der Waals surface area (Å²) in [4.78, 5) is 14.7. The Morgan fingerprint density at radius 1 is 1.26 bits per heavy atom. The van der Waals surface area contributed by atoms with Crippen LogP contribution in [-0.2, 0) is 4.79 Å². The molecule has 0 bridgehead atoms.